The molecule has 2 heteroatoms. The second-order valence-corrected chi connectivity index (χ2v) is 4.86. The van der Waals surface area contributed by atoms with Crippen molar-refractivity contribution in [1.29, 1.82) is 0 Å². The van der Waals surface area contributed by atoms with Gasteiger partial charge in [0.05, 0.1) is 12.2 Å². The van der Waals surface area contributed by atoms with E-state index in [0.29, 0.717) is 5.92 Å². The molecule has 0 heterocycles. The van der Waals surface area contributed by atoms with Gasteiger partial charge in [0, 0.05) is 0 Å². The summed E-state index contributed by atoms with van der Waals surface area (Å²) < 4.78 is 0. The lowest BCUT2D eigenvalue weighted by Crippen LogP contribution is -2.18. The van der Waals surface area contributed by atoms with Crippen molar-refractivity contribution in [3.05, 3.63) is 35.4 Å². The summed E-state index contributed by atoms with van der Waals surface area (Å²) in [6.45, 7) is 1.79. The molecule has 1 aliphatic carbocycles. The van der Waals surface area contributed by atoms with Gasteiger partial charge < -0.3 is 10.2 Å². The molecule has 0 aliphatic heterocycles. The van der Waals surface area contributed by atoms with Gasteiger partial charge in [-0.3, -0.25) is 0 Å². The van der Waals surface area contributed by atoms with E-state index in [1.807, 2.05) is 12.1 Å². The van der Waals surface area contributed by atoms with Crippen LogP contribution in [-0.4, -0.2) is 16.3 Å². The van der Waals surface area contributed by atoms with Crippen molar-refractivity contribution < 1.29 is 10.2 Å². The molecule has 1 fully saturated rings. The van der Waals surface area contributed by atoms with Gasteiger partial charge in [0.1, 0.15) is 0 Å². The Kier molecular flexibility index (Phi) is 3.62. The Morgan fingerprint density at radius 2 is 2.12 bits per heavy atom. The molecular formula is C14H20O2. The molecule has 0 bridgehead atoms. The Morgan fingerprint density at radius 1 is 1.31 bits per heavy atom. The molecule has 0 saturated heterocycles. The quantitative estimate of drug-likeness (QED) is 0.804. The molecule has 2 nitrogen and oxygen atoms in total. The van der Waals surface area contributed by atoms with Crippen LogP contribution in [0.3, 0.4) is 0 Å². The highest BCUT2D eigenvalue weighted by atomic mass is 16.3. The summed E-state index contributed by atoms with van der Waals surface area (Å²) in [4.78, 5) is 0. The van der Waals surface area contributed by atoms with Crippen molar-refractivity contribution >= 4 is 0 Å². The van der Waals surface area contributed by atoms with Gasteiger partial charge in [-0.2, -0.15) is 0 Å². The average molecular weight is 220 g/mol. The number of rotatable bonds is 2. The van der Waals surface area contributed by atoms with Gasteiger partial charge in [0.25, 0.3) is 0 Å². The minimum absolute atomic E-state index is 0.144. The van der Waals surface area contributed by atoms with Crippen LogP contribution in [0.4, 0.5) is 0 Å². The molecule has 1 aliphatic rings. The number of benzene rings is 1. The van der Waals surface area contributed by atoms with Crippen LogP contribution in [0.1, 0.15) is 55.8 Å². The first kappa shape index (κ1) is 11.6. The Balaban J connectivity index is 2.16. The summed E-state index contributed by atoms with van der Waals surface area (Å²) in [5.74, 6) is 0.461. The summed E-state index contributed by atoms with van der Waals surface area (Å²) in [6.07, 6.45) is 3.50. The topological polar surface area (TPSA) is 40.5 Å². The lowest BCUT2D eigenvalue weighted by molar-refractivity contribution is 0.119. The van der Waals surface area contributed by atoms with Crippen molar-refractivity contribution in [2.45, 2.75) is 50.7 Å². The molecule has 16 heavy (non-hydrogen) atoms. The van der Waals surface area contributed by atoms with Crippen LogP contribution in [0, 0.1) is 0 Å². The van der Waals surface area contributed by atoms with Gasteiger partial charge in [-0.05, 0) is 43.2 Å². The summed E-state index contributed by atoms with van der Waals surface area (Å²) in [5.41, 5.74) is 2.23. The smallest absolute Gasteiger partial charge is 0.0762 e. The molecule has 1 saturated carbocycles. The van der Waals surface area contributed by atoms with Crippen LogP contribution in [0.2, 0.25) is 0 Å². The standard InChI is InChI=1S/C14H20O2/c1-10(15)11-4-2-5-12(8-11)13-6-3-7-14(16)9-13/h2,4-5,8,10,13-16H,3,6-7,9H2,1H3. The molecule has 3 atom stereocenters. The zero-order chi connectivity index (χ0) is 11.5. The Hall–Kier alpha value is -0.860. The molecule has 3 unspecified atom stereocenters. The number of hydrogen-bond acceptors (Lipinski definition) is 2. The van der Waals surface area contributed by atoms with Crippen molar-refractivity contribution in [3.8, 4) is 0 Å². The molecule has 0 aromatic heterocycles. The predicted molar refractivity (Wildman–Crippen MR) is 64.3 cm³/mol. The third-order valence-corrected chi connectivity index (χ3v) is 3.51. The van der Waals surface area contributed by atoms with Crippen molar-refractivity contribution in [2.24, 2.45) is 0 Å². The van der Waals surface area contributed by atoms with E-state index in [9.17, 15) is 10.2 Å². The van der Waals surface area contributed by atoms with E-state index in [2.05, 4.69) is 12.1 Å². The van der Waals surface area contributed by atoms with Crippen molar-refractivity contribution in [2.75, 3.05) is 0 Å². The fraction of sp³-hybridized carbons (Fsp3) is 0.571. The number of aliphatic hydroxyl groups is 2. The normalized spacial score (nSPS) is 27.7. The molecule has 1 aromatic rings. The molecular weight excluding hydrogens is 200 g/mol. The van der Waals surface area contributed by atoms with Crippen LogP contribution < -0.4 is 0 Å². The van der Waals surface area contributed by atoms with Gasteiger partial charge in [-0.15, -0.1) is 0 Å². The first-order valence-electron chi connectivity index (χ1n) is 6.13. The van der Waals surface area contributed by atoms with E-state index in [-0.39, 0.29) is 6.10 Å². The third-order valence-electron chi connectivity index (χ3n) is 3.51. The molecule has 0 amide bonds. The summed E-state index contributed by atoms with van der Waals surface area (Å²) in [6, 6.07) is 8.13. The monoisotopic (exact) mass is 220 g/mol. The van der Waals surface area contributed by atoms with Crippen LogP contribution in [0.25, 0.3) is 0 Å². The van der Waals surface area contributed by atoms with E-state index >= 15 is 0 Å². The zero-order valence-electron chi connectivity index (χ0n) is 9.76. The largest absolute Gasteiger partial charge is 0.393 e. The highest BCUT2D eigenvalue weighted by Crippen LogP contribution is 2.33. The van der Waals surface area contributed by atoms with Gasteiger partial charge >= 0.3 is 0 Å². The maximum atomic E-state index is 9.67. The summed E-state index contributed by atoms with van der Waals surface area (Å²) >= 11 is 0. The van der Waals surface area contributed by atoms with Crippen LogP contribution >= 0.6 is 0 Å². The molecule has 0 radical (unpaired) electrons. The first-order valence-corrected chi connectivity index (χ1v) is 6.13. The second-order valence-electron chi connectivity index (χ2n) is 4.86. The average Bonchev–Trinajstić information content (AvgIpc) is 2.29. The van der Waals surface area contributed by atoms with Gasteiger partial charge in [0.15, 0.2) is 0 Å². The highest BCUT2D eigenvalue weighted by molar-refractivity contribution is 5.28. The van der Waals surface area contributed by atoms with Crippen molar-refractivity contribution in [1.82, 2.24) is 0 Å². The van der Waals surface area contributed by atoms with Crippen LogP contribution in [-0.2, 0) is 0 Å². The van der Waals surface area contributed by atoms with Gasteiger partial charge in [0.2, 0.25) is 0 Å². The van der Waals surface area contributed by atoms with E-state index in [1.165, 1.54) is 5.56 Å². The molecule has 0 spiro atoms. The summed E-state index contributed by atoms with van der Waals surface area (Å²) in [5, 5.41) is 19.2. The van der Waals surface area contributed by atoms with E-state index in [0.717, 1.165) is 31.2 Å². The SMILES string of the molecule is CC(O)c1cccc(C2CCCC(O)C2)c1. The second kappa shape index (κ2) is 4.98. The van der Waals surface area contributed by atoms with Crippen LogP contribution in [0.15, 0.2) is 24.3 Å². The van der Waals surface area contributed by atoms with E-state index < -0.39 is 6.10 Å². The molecule has 2 N–H and O–H groups in total. The fourth-order valence-electron chi connectivity index (χ4n) is 2.54. The molecule has 2 rings (SSSR count). The van der Waals surface area contributed by atoms with Crippen LogP contribution in [0.5, 0.6) is 0 Å². The maximum absolute atomic E-state index is 9.67. The lowest BCUT2D eigenvalue weighted by Gasteiger charge is -2.26. The Labute approximate surface area is 96.9 Å². The minimum atomic E-state index is -0.409. The van der Waals surface area contributed by atoms with E-state index in [1.54, 1.807) is 6.92 Å². The Morgan fingerprint density at radius 3 is 2.81 bits per heavy atom. The molecule has 1 aromatic carbocycles. The fourth-order valence-corrected chi connectivity index (χ4v) is 2.54. The van der Waals surface area contributed by atoms with Gasteiger partial charge in [-0.25, -0.2) is 0 Å². The number of aliphatic hydroxyl groups excluding tert-OH is 2. The van der Waals surface area contributed by atoms with Crippen molar-refractivity contribution in [3.63, 3.8) is 0 Å². The Bertz CT molecular complexity index is 346. The van der Waals surface area contributed by atoms with E-state index in [4.69, 9.17) is 0 Å². The third kappa shape index (κ3) is 2.63. The van der Waals surface area contributed by atoms with Gasteiger partial charge in [-0.1, -0.05) is 30.7 Å². The predicted octanol–water partition coefficient (Wildman–Crippen LogP) is 2.76. The number of hydrogen-bond donors (Lipinski definition) is 2. The first-order chi connectivity index (χ1) is 7.66. The molecule has 88 valence electrons. The highest BCUT2D eigenvalue weighted by Gasteiger charge is 2.21. The maximum Gasteiger partial charge on any atom is 0.0762 e. The minimum Gasteiger partial charge on any atom is -0.393 e. The lowest BCUT2D eigenvalue weighted by atomic mass is 9.82. The zero-order valence-corrected chi connectivity index (χ0v) is 9.76. The summed E-state index contributed by atoms with van der Waals surface area (Å²) in [7, 11) is 0.